The maximum absolute atomic E-state index is 2.53. The van der Waals surface area contributed by atoms with Crippen LogP contribution in [0, 0.1) is 0 Å². The fraction of sp³-hybridized carbons (Fsp3) is 0.647. The van der Waals surface area contributed by atoms with E-state index < -0.39 is 0 Å². The smallest absolute Gasteiger partial charge is 0.0990 e. The Bertz CT molecular complexity index is 477. The van der Waals surface area contributed by atoms with Gasteiger partial charge in [-0.2, -0.15) is 0 Å². The van der Waals surface area contributed by atoms with Crippen molar-refractivity contribution in [3.05, 3.63) is 23.8 Å². The minimum Gasteiger partial charge on any atom is -0.353 e. The molecule has 0 saturated heterocycles. The van der Waals surface area contributed by atoms with E-state index in [-0.39, 0.29) is 11.0 Å². The molecule has 0 saturated carbocycles. The van der Waals surface area contributed by atoms with Gasteiger partial charge in [0.15, 0.2) is 0 Å². The molecule has 0 amide bonds. The summed E-state index contributed by atoms with van der Waals surface area (Å²) in [4.78, 5) is 4.89. The van der Waals surface area contributed by atoms with Crippen LogP contribution in [-0.2, 0) is 5.41 Å². The molecule has 2 nitrogen and oxygen atoms in total. The van der Waals surface area contributed by atoms with E-state index >= 15 is 0 Å². The first kappa shape index (κ1) is 14.2. The SMILES string of the molecule is CC1N(C)c2ccc(C(C)(C)C)cc2N1C(C)(C)C. The summed E-state index contributed by atoms with van der Waals surface area (Å²) in [6, 6.07) is 6.92. The van der Waals surface area contributed by atoms with Crippen LogP contribution in [0.1, 0.15) is 54.0 Å². The van der Waals surface area contributed by atoms with E-state index in [0.29, 0.717) is 6.17 Å². The zero-order valence-electron chi connectivity index (χ0n) is 13.7. The Morgan fingerprint density at radius 1 is 0.947 bits per heavy atom. The topological polar surface area (TPSA) is 6.48 Å². The summed E-state index contributed by atoms with van der Waals surface area (Å²) < 4.78 is 0. The molecule has 1 atom stereocenters. The van der Waals surface area contributed by atoms with Crippen LogP contribution in [-0.4, -0.2) is 18.8 Å². The first-order valence-electron chi connectivity index (χ1n) is 7.20. The molecule has 0 spiro atoms. The Balaban J connectivity index is 2.57. The summed E-state index contributed by atoms with van der Waals surface area (Å²) in [5.74, 6) is 0. The Morgan fingerprint density at radius 3 is 2.00 bits per heavy atom. The lowest BCUT2D eigenvalue weighted by Crippen LogP contribution is -2.49. The van der Waals surface area contributed by atoms with Gasteiger partial charge in [0.1, 0.15) is 0 Å². The fourth-order valence-electron chi connectivity index (χ4n) is 2.98. The second kappa shape index (κ2) is 4.16. The quantitative estimate of drug-likeness (QED) is 0.683. The number of hydrogen-bond acceptors (Lipinski definition) is 2. The first-order chi connectivity index (χ1) is 8.53. The van der Waals surface area contributed by atoms with E-state index in [9.17, 15) is 0 Å². The minimum atomic E-state index is 0.134. The largest absolute Gasteiger partial charge is 0.353 e. The highest BCUT2D eigenvalue weighted by Gasteiger charge is 2.37. The lowest BCUT2D eigenvalue weighted by molar-refractivity contribution is 0.463. The summed E-state index contributed by atoms with van der Waals surface area (Å²) >= 11 is 0. The van der Waals surface area contributed by atoms with Crippen molar-refractivity contribution in [3.8, 4) is 0 Å². The summed E-state index contributed by atoms with van der Waals surface area (Å²) in [5, 5.41) is 0. The van der Waals surface area contributed by atoms with Gasteiger partial charge < -0.3 is 9.80 Å². The normalized spacial score (nSPS) is 19.9. The van der Waals surface area contributed by atoms with E-state index in [0.717, 1.165) is 0 Å². The van der Waals surface area contributed by atoms with E-state index in [1.165, 1.54) is 16.9 Å². The van der Waals surface area contributed by atoms with Crippen molar-refractivity contribution < 1.29 is 0 Å². The molecule has 1 aromatic rings. The average molecular weight is 260 g/mol. The van der Waals surface area contributed by atoms with E-state index in [2.05, 4.69) is 83.5 Å². The molecule has 0 aromatic heterocycles. The monoisotopic (exact) mass is 260 g/mol. The number of fused-ring (bicyclic) bond motifs is 1. The highest BCUT2D eigenvalue weighted by atomic mass is 15.4. The molecule has 0 bridgehead atoms. The third-order valence-electron chi connectivity index (χ3n) is 4.14. The average Bonchev–Trinajstić information content (AvgIpc) is 2.49. The Labute approximate surface area is 118 Å². The molecular weight excluding hydrogens is 232 g/mol. The third-order valence-corrected chi connectivity index (χ3v) is 4.14. The van der Waals surface area contributed by atoms with Gasteiger partial charge in [0.2, 0.25) is 0 Å². The molecule has 19 heavy (non-hydrogen) atoms. The molecular formula is C17H28N2. The second-order valence-electron chi connectivity index (χ2n) is 7.74. The van der Waals surface area contributed by atoms with Crippen LogP contribution >= 0.6 is 0 Å². The molecule has 1 aliphatic rings. The fourth-order valence-corrected chi connectivity index (χ4v) is 2.98. The molecule has 0 N–H and O–H groups in total. The summed E-state index contributed by atoms with van der Waals surface area (Å²) in [6.07, 6.45) is 0.408. The maximum Gasteiger partial charge on any atom is 0.0990 e. The van der Waals surface area contributed by atoms with Gasteiger partial charge >= 0.3 is 0 Å². The molecule has 0 aliphatic carbocycles. The van der Waals surface area contributed by atoms with Crippen LogP contribution in [0.4, 0.5) is 11.4 Å². The summed E-state index contributed by atoms with van der Waals surface area (Å²) in [6.45, 7) is 16.0. The van der Waals surface area contributed by atoms with Gasteiger partial charge in [-0.25, -0.2) is 0 Å². The van der Waals surface area contributed by atoms with Gasteiger partial charge in [0.05, 0.1) is 17.5 Å². The zero-order valence-corrected chi connectivity index (χ0v) is 13.7. The van der Waals surface area contributed by atoms with Crippen LogP contribution in [0.3, 0.4) is 0 Å². The third kappa shape index (κ3) is 2.33. The van der Waals surface area contributed by atoms with Crippen molar-refractivity contribution >= 4 is 11.4 Å². The maximum atomic E-state index is 2.53. The summed E-state index contributed by atoms with van der Waals surface area (Å²) in [7, 11) is 2.19. The Morgan fingerprint density at radius 2 is 1.53 bits per heavy atom. The van der Waals surface area contributed by atoms with E-state index in [1.807, 2.05) is 0 Å². The first-order valence-corrected chi connectivity index (χ1v) is 7.20. The Hall–Kier alpha value is -1.18. The number of hydrogen-bond donors (Lipinski definition) is 0. The molecule has 0 radical (unpaired) electrons. The summed E-state index contributed by atoms with van der Waals surface area (Å²) in [5.41, 5.74) is 4.45. The number of rotatable bonds is 0. The van der Waals surface area contributed by atoms with Crippen molar-refractivity contribution in [2.75, 3.05) is 16.8 Å². The highest BCUT2D eigenvalue weighted by molar-refractivity contribution is 5.79. The Kier molecular flexibility index (Phi) is 3.11. The van der Waals surface area contributed by atoms with E-state index in [4.69, 9.17) is 0 Å². The van der Waals surface area contributed by atoms with Crippen molar-refractivity contribution in [2.24, 2.45) is 0 Å². The lowest BCUT2D eigenvalue weighted by Gasteiger charge is -2.39. The highest BCUT2D eigenvalue weighted by Crippen LogP contribution is 2.44. The molecule has 1 unspecified atom stereocenters. The van der Waals surface area contributed by atoms with Gasteiger partial charge in [-0.05, 0) is 50.8 Å². The van der Waals surface area contributed by atoms with Gasteiger partial charge in [-0.1, -0.05) is 26.8 Å². The van der Waals surface area contributed by atoms with Gasteiger partial charge in [-0.3, -0.25) is 0 Å². The van der Waals surface area contributed by atoms with Gasteiger partial charge in [-0.15, -0.1) is 0 Å². The van der Waals surface area contributed by atoms with Crippen molar-refractivity contribution in [1.82, 2.24) is 0 Å². The van der Waals surface area contributed by atoms with Crippen molar-refractivity contribution in [1.29, 1.82) is 0 Å². The molecule has 2 heteroatoms. The number of benzene rings is 1. The predicted molar refractivity (Wildman–Crippen MR) is 85.2 cm³/mol. The molecule has 1 aliphatic heterocycles. The zero-order chi connectivity index (χ0) is 14.6. The number of nitrogens with zero attached hydrogens (tertiary/aromatic N) is 2. The van der Waals surface area contributed by atoms with Crippen LogP contribution in [0.5, 0.6) is 0 Å². The predicted octanol–water partition coefficient (Wildman–Crippen LogP) is 4.38. The van der Waals surface area contributed by atoms with Crippen LogP contribution in [0.2, 0.25) is 0 Å². The molecule has 106 valence electrons. The van der Waals surface area contributed by atoms with Crippen LogP contribution in [0.15, 0.2) is 18.2 Å². The van der Waals surface area contributed by atoms with E-state index in [1.54, 1.807) is 0 Å². The molecule has 0 fully saturated rings. The standard InChI is InChI=1S/C17H28N2/c1-12-18(8)14-10-9-13(16(2,3)4)11-15(14)19(12)17(5,6)7/h9-12H,1-8H3. The van der Waals surface area contributed by atoms with Gasteiger partial charge in [0, 0.05) is 12.6 Å². The van der Waals surface area contributed by atoms with Crippen LogP contribution < -0.4 is 9.80 Å². The van der Waals surface area contributed by atoms with Crippen molar-refractivity contribution in [3.63, 3.8) is 0 Å². The lowest BCUT2D eigenvalue weighted by atomic mass is 9.86. The molecule has 1 aromatic carbocycles. The molecule has 2 rings (SSSR count). The molecule has 1 heterocycles. The minimum absolute atomic E-state index is 0.134. The second-order valence-corrected chi connectivity index (χ2v) is 7.74. The number of anilines is 2. The van der Waals surface area contributed by atoms with Crippen LogP contribution in [0.25, 0.3) is 0 Å². The van der Waals surface area contributed by atoms with Gasteiger partial charge in [0.25, 0.3) is 0 Å². The van der Waals surface area contributed by atoms with Crippen molar-refractivity contribution in [2.45, 2.75) is 65.6 Å².